The molecule has 1 aromatic carbocycles. The second kappa shape index (κ2) is 10.1. The minimum Gasteiger partial charge on any atom is -0.481 e. The van der Waals surface area contributed by atoms with Gasteiger partial charge in [0.2, 0.25) is 0 Å². The topological polar surface area (TPSA) is 69.6 Å². The van der Waals surface area contributed by atoms with Crippen LogP contribution in [0, 0.1) is 0 Å². The molecule has 1 aromatic rings. The highest BCUT2D eigenvalue weighted by atomic mass is 16.4. The molecule has 128 valence electrons. The van der Waals surface area contributed by atoms with Gasteiger partial charge in [-0.15, -0.1) is 0 Å². The van der Waals surface area contributed by atoms with Crippen molar-refractivity contribution in [3.05, 3.63) is 35.4 Å². The third kappa shape index (κ3) is 6.50. The largest absolute Gasteiger partial charge is 0.481 e. The minimum absolute atomic E-state index is 0.158. The average molecular weight is 320 g/mol. The van der Waals surface area contributed by atoms with E-state index in [4.69, 9.17) is 5.11 Å². The Hall–Kier alpha value is -1.72. The van der Waals surface area contributed by atoms with Gasteiger partial charge in [-0.3, -0.25) is 9.59 Å². The average Bonchev–Trinajstić information content (AvgIpc) is 2.56. The molecule has 0 saturated carbocycles. The fourth-order valence-corrected chi connectivity index (χ4v) is 2.47. The summed E-state index contributed by atoms with van der Waals surface area (Å²) in [5.41, 5.74) is 1.72. The van der Waals surface area contributed by atoms with Gasteiger partial charge in [0.15, 0.2) is 5.78 Å². The number of ketones is 1. The summed E-state index contributed by atoms with van der Waals surface area (Å²) >= 11 is 0. The molecule has 0 aliphatic rings. The van der Waals surface area contributed by atoms with Gasteiger partial charge in [-0.25, -0.2) is 0 Å². The molecular weight excluding hydrogens is 292 g/mol. The number of carboxylic acid groups (broad SMARTS) is 1. The molecule has 0 saturated heterocycles. The number of hydrogen-bond donors (Lipinski definition) is 2. The fourth-order valence-electron chi connectivity index (χ4n) is 2.47. The summed E-state index contributed by atoms with van der Waals surface area (Å²) in [6, 6.07) is 6.71. The lowest BCUT2D eigenvalue weighted by Gasteiger charge is -2.21. The van der Waals surface area contributed by atoms with Gasteiger partial charge < -0.3 is 15.3 Å². The van der Waals surface area contributed by atoms with E-state index in [9.17, 15) is 9.59 Å². The second-order valence-corrected chi connectivity index (χ2v) is 5.55. The van der Waals surface area contributed by atoms with Crippen molar-refractivity contribution in [2.45, 2.75) is 39.7 Å². The van der Waals surface area contributed by atoms with Gasteiger partial charge in [-0.1, -0.05) is 45.0 Å². The van der Waals surface area contributed by atoms with E-state index < -0.39 is 12.0 Å². The van der Waals surface area contributed by atoms with Crippen LogP contribution in [0.1, 0.15) is 43.1 Å². The predicted molar refractivity (Wildman–Crippen MR) is 92.0 cm³/mol. The minimum atomic E-state index is -0.969. The number of carbonyl (C=O) groups excluding carboxylic acids is 1. The van der Waals surface area contributed by atoms with E-state index in [2.05, 4.69) is 31.0 Å². The van der Waals surface area contributed by atoms with E-state index in [1.807, 2.05) is 12.1 Å². The molecular formula is C18H28N2O3. The van der Waals surface area contributed by atoms with Crippen LogP contribution >= 0.6 is 0 Å². The third-order valence-corrected chi connectivity index (χ3v) is 4.06. The van der Waals surface area contributed by atoms with Crippen molar-refractivity contribution in [3.63, 3.8) is 0 Å². The Morgan fingerprint density at radius 1 is 1.13 bits per heavy atom. The molecule has 0 bridgehead atoms. The number of hydrogen-bond acceptors (Lipinski definition) is 4. The van der Waals surface area contributed by atoms with Crippen molar-refractivity contribution in [1.82, 2.24) is 10.2 Å². The SMILES string of the molecule is CCc1ccc(C(=O)C(CC(=O)O)NCCN(CC)CC)cc1. The van der Waals surface area contributed by atoms with Gasteiger partial charge in [-0.2, -0.15) is 0 Å². The number of benzene rings is 1. The first-order valence-corrected chi connectivity index (χ1v) is 8.32. The molecule has 0 heterocycles. The second-order valence-electron chi connectivity index (χ2n) is 5.55. The van der Waals surface area contributed by atoms with Crippen molar-refractivity contribution in [2.24, 2.45) is 0 Å². The van der Waals surface area contributed by atoms with E-state index in [1.54, 1.807) is 12.1 Å². The summed E-state index contributed by atoms with van der Waals surface area (Å²) in [6.07, 6.45) is 0.710. The molecule has 0 aliphatic heterocycles. The highest BCUT2D eigenvalue weighted by Crippen LogP contribution is 2.10. The van der Waals surface area contributed by atoms with E-state index in [-0.39, 0.29) is 12.2 Å². The maximum absolute atomic E-state index is 12.6. The Balaban J connectivity index is 2.71. The van der Waals surface area contributed by atoms with Gasteiger partial charge >= 0.3 is 5.97 Å². The van der Waals surface area contributed by atoms with Gasteiger partial charge in [0.1, 0.15) is 0 Å². The predicted octanol–water partition coefficient (Wildman–Crippen LogP) is 2.21. The highest BCUT2D eigenvalue weighted by molar-refractivity contribution is 6.01. The number of aliphatic carboxylic acids is 1. The fraction of sp³-hybridized carbons (Fsp3) is 0.556. The molecule has 0 radical (unpaired) electrons. The Morgan fingerprint density at radius 3 is 2.22 bits per heavy atom. The Labute approximate surface area is 138 Å². The standard InChI is InChI=1S/C18H28N2O3/c1-4-14-7-9-15(10-8-14)18(23)16(13-17(21)22)19-11-12-20(5-2)6-3/h7-10,16,19H,4-6,11-13H2,1-3H3,(H,21,22). The summed E-state index contributed by atoms with van der Waals surface area (Å²) in [4.78, 5) is 25.8. The van der Waals surface area contributed by atoms with Crippen LogP contribution in [-0.4, -0.2) is 54.0 Å². The lowest BCUT2D eigenvalue weighted by atomic mass is 10.00. The van der Waals surface area contributed by atoms with Crippen LogP contribution in [0.25, 0.3) is 0 Å². The number of likely N-dealkylation sites (N-methyl/N-ethyl adjacent to an activating group) is 1. The zero-order valence-corrected chi connectivity index (χ0v) is 14.3. The van der Waals surface area contributed by atoms with Crippen LogP contribution in [0.2, 0.25) is 0 Å². The molecule has 5 nitrogen and oxygen atoms in total. The molecule has 0 aliphatic carbocycles. The van der Waals surface area contributed by atoms with Crippen LogP contribution < -0.4 is 5.32 Å². The van der Waals surface area contributed by atoms with Gasteiger partial charge in [0.25, 0.3) is 0 Å². The quantitative estimate of drug-likeness (QED) is 0.612. The van der Waals surface area contributed by atoms with Crippen LogP contribution in [0.5, 0.6) is 0 Å². The number of nitrogens with zero attached hydrogens (tertiary/aromatic N) is 1. The number of nitrogens with one attached hydrogen (secondary N) is 1. The third-order valence-electron chi connectivity index (χ3n) is 4.06. The Morgan fingerprint density at radius 2 is 1.74 bits per heavy atom. The smallest absolute Gasteiger partial charge is 0.305 e. The maximum Gasteiger partial charge on any atom is 0.305 e. The summed E-state index contributed by atoms with van der Waals surface area (Å²) in [6.45, 7) is 9.49. The van der Waals surface area contributed by atoms with Gasteiger partial charge in [0.05, 0.1) is 12.5 Å². The van der Waals surface area contributed by atoms with Crippen LogP contribution in [-0.2, 0) is 11.2 Å². The molecule has 2 N–H and O–H groups in total. The molecule has 1 rings (SSSR count). The zero-order chi connectivity index (χ0) is 17.2. The van der Waals surface area contributed by atoms with Gasteiger partial charge in [-0.05, 0) is 25.1 Å². The molecule has 1 atom stereocenters. The monoisotopic (exact) mass is 320 g/mol. The normalized spacial score (nSPS) is 12.3. The van der Waals surface area contributed by atoms with Crippen LogP contribution in [0.15, 0.2) is 24.3 Å². The lowest BCUT2D eigenvalue weighted by molar-refractivity contribution is -0.137. The number of aryl methyl sites for hydroxylation is 1. The van der Waals surface area contributed by atoms with Crippen molar-refractivity contribution in [2.75, 3.05) is 26.2 Å². The summed E-state index contributed by atoms with van der Waals surface area (Å²) < 4.78 is 0. The molecule has 0 spiro atoms. The molecule has 0 fully saturated rings. The number of rotatable bonds is 11. The van der Waals surface area contributed by atoms with Crippen molar-refractivity contribution in [1.29, 1.82) is 0 Å². The zero-order valence-electron chi connectivity index (χ0n) is 14.3. The maximum atomic E-state index is 12.6. The van der Waals surface area contributed by atoms with E-state index in [0.717, 1.165) is 31.6 Å². The van der Waals surface area contributed by atoms with E-state index in [1.165, 1.54) is 0 Å². The van der Waals surface area contributed by atoms with Crippen LogP contribution in [0.4, 0.5) is 0 Å². The summed E-state index contributed by atoms with van der Waals surface area (Å²) in [7, 11) is 0. The Kier molecular flexibility index (Phi) is 8.51. The first kappa shape index (κ1) is 19.3. The molecule has 0 aromatic heterocycles. The first-order valence-electron chi connectivity index (χ1n) is 8.32. The molecule has 0 amide bonds. The number of carboxylic acids is 1. The van der Waals surface area contributed by atoms with Crippen LogP contribution in [0.3, 0.4) is 0 Å². The molecule has 1 unspecified atom stereocenters. The summed E-state index contributed by atoms with van der Waals surface area (Å²) in [5.74, 6) is -1.13. The lowest BCUT2D eigenvalue weighted by Crippen LogP contribution is -2.42. The van der Waals surface area contributed by atoms with Gasteiger partial charge in [0, 0.05) is 18.7 Å². The summed E-state index contributed by atoms with van der Waals surface area (Å²) in [5, 5.41) is 12.2. The number of carbonyl (C=O) groups is 2. The van der Waals surface area contributed by atoms with Crippen molar-refractivity contribution < 1.29 is 14.7 Å². The highest BCUT2D eigenvalue weighted by Gasteiger charge is 2.22. The molecule has 5 heteroatoms. The molecule has 23 heavy (non-hydrogen) atoms. The van der Waals surface area contributed by atoms with Crippen molar-refractivity contribution in [3.8, 4) is 0 Å². The first-order chi connectivity index (χ1) is 11.0. The Bertz CT molecular complexity index is 495. The van der Waals surface area contributed by atoms with E-state index >= 15 is 0 Å². The van der Waals surface area contributed by atoms with Crippen molar-refractivity contribution >= 4 is 11.8 Å². The van der Waals surface area contributed by atoms with E-state index in [0.29, 0.717) is 12.1 Å². The number of Topliss-reactive ketones (excluding diaryl/α,β-unsaturated/α-hetero) is 1.